The molecule has 2 heterocycles. The maximum atomic E-state index is 13.9. The van der Waals surface area contributed by atoms with Gasteiger partial charge < -0.3 is 20.1 Å². The highest BCUT2D eigenvalue weighted by Crippen LogP contribution is 2.34. The third-order valence-electron chi connectivity index (χ3n) is 7.65. The molecular weight excluding hydrogens is 638 g/mol. The Bertz CT molecular complexity index is 1670. The predicted molar refractivity (Wildman–Crippen MR) is 190 cm³/mol. The van der Waals surface area contributed by atoms with Crippen LogP contribution in [0.1, 0.15) is 65.4 Å². The predicted octanol–water partition coefficient (Wildman–Crippen LogP) is 6.89. The van der Waals surface area contributed by atoms with E-state index in [1.54, 1.807) is 113 Å². The second-order valence-electron chi connectivity index (χ2n) is 10.9. The van der Waals surface area contributed by atoms with Crippen molar-refractivity contribution in [1.29, 1.82) is 0 Å². The van der Waals surface area contributed by atoms with E-state index in [1.807, 2.05) is 0 Å². The van der Waals surface area contributed by atoms with Crippen LogP contribution in [0.3, 0.4) is 0 Å². The molecule has 13 nitrogen and oxygen atoms in total. The number of amides is 1. The molecule has 1 unspecified atom stereocenters. The molecule has 2 aromatic heterocycles. The van der Waals surface area contributed by atoms with Gasteiger partial charge in [-0.05, 0) is 80.9 Å². The molecule has 0 aliphatic carbocycles. The summed E-state index contributed by atoms with van der Waals surface area (Å²) in [5.74, 6) is -1.73. The van der Waals surface area contributed by atoms with Crippen LogP contribution in [0, 0.1) is 0 Å². The van der Waals surface area contributed by atoms with Crippen LogP contribution in [0.25, 0.3) is 0 Å². The molecule has 0 spiro atoms. The second kappa shape index (κ2) is 18.5. The van der Waals surface area contributed by atoms with E-state index >= 15 is 0 Å². The minimum atomic E-state index is -0.685. The molecule has 2 N–H and O–H groups in total. The number of nitrogens with one attached hydrogen (secondary N) is 2. The molecule has 0 saturated heterocycles. The number of ether oxygens (including phenoxy) is 2. The number of Topliss-reactive ketones (excluding diaryl/α,β-unsaturated/α-hetero) is 1. The SMILES string of the molecule is CCOC(=O)CCC(C(=O)c1ccc(NC)c(N=Nc2cc(C(=O)N(CCC(=O)OCC)c3ccccn3)ccc2NC)c1)c1ccccn1. The fraction of sp³-hybridized carbons (Fsp3) is 0.297. The number of carbonyl (C=O) groups excluding carboxylic acids is 4. The summed E-state index contributed by atoms with van der Waals surface area (Å²) in [5, 5.41) is 15.1. The van der Waals surface area contributed by atoms with Gasteiger partial charge in [0.2, 0.25) is 0 Å². The zero-order chi connectivity index (χ0) is 35.9. The van der Waals surface area contributed by atoms with E-state index in [9.17, 15) is 19.2 Å². The van der Waals surface area contributed by atoms with Crippen LogP contribution in [-0.2, 0) is 19.1 Å². The molecule has 1 amide bonds. The normalized spacial score (nSPS) is 11.4. The summed E-state index contributed by atoms with van der Waals surface area (Å²) in [6, 6.07) is 20.5. The van der Waals surface area contributed by atoms with E-state index in [4.69, 9.17) is 9.47 Å². The number of hydrogen-bond acceptors (Lipinski definition) is 12. The lowest BCUT2D eigenvalue weighted by Crippen LogP contribution is -2.34. The fourth-order valence-corrected chi connectivity index (χ4v) is 5.16. The van der Waals surface area contributed by atoms with Crippen molar-refractivity contribution in [3.63, 3.8) is 0 Å². The summed E-state index contributed by atoms with van der Waals surface area (Å²) in [6.45, 7) is 4.01. The van der Waals surface area contributed by atoms with Gasteiger partial charge in [-0.1, -0.05) is 12.1 Å². The van der Waals surface area contributed by atoms with Crippen molar-refractivity contribution >= 4 is 52.2 Å². The van der Waals surface area contributed by atoms with E-state index in [1.165, 1.54) is 4.90 Å². The van der Waals surface area contributed by atoms with Crippen molar-refractivity contribution in [3.05, 3.63) is 102 Å². The third-order valence-corrected chi connectivity index (χ3v) is 7.65. The zero-order valence-electron chi connectivity index (χ0n) is 28.6. The summed E-state index contributed by atoms with van der Waals surface area (Å²) in [5.41, 5.74) is 3.17. The van der Waals surface area contributed by atoms with Crippen molar-refractivity contribution in [2.45, 2.75) is 39.0 Å². The van der Waals surface area contributed by atoms with Crippen LogP contribution in [0.2, 0.25) is 0 Å². The van der Waals surface area contributed by atoms with Gasteiger partial charge in [0.1, 0.15) is 17.2 Å². The van der Waals surface area contributed by atoms with Gasteiger partial charge in [-0.15, -0.1) is 10.2 Å². The van der Waals surface area contributed by atoms with E-state index in [2.05, 4.69) is 30.8 Å². The molecule has 0 fully saturated rings. The highest BCUT2D eigenvalue weighted by molar-refractivity contribution is 6.07. The third kappa shape index (κ3) is 9.78. The van der Waals surface area contributed by atoms with Gasteiger partial charge in [0.15, 0.2) is 5.78 Å². The monoisotopic (exact) mass is 679 g/mol. The molecule has 260 valence electrons. The first kappa shape index (κ1) is 36.8. The summed E-state index contributed by atoms with van der Waals surface area (Å²) in [7, 11) is 3.45. The van der Waals surface area contributed by atoms with Crippen LogP contribution in [0.15, 0.2) is 95.4 Å². The van der Waals surface area contributed by atoms with Gasteiger partial charge in [0.25, 0.3) is 5.91 Å². The highest BCUT2D eigenvalue weighted by atomic mass is 16.5. The summed E-state index contributed by atoms with van der Waals surface area (Å²) in [4.78, 5) is 62.2. The van der Waals surface area contributed by atoms with E-state index in [0.717, 1.165) is 0 Å². The summed E-state index contributed by atoms with van der Waals surface area (Å²) in [6.07, 6.45) is 3.45. The number of azo groups is 1. The molecule has 4 aromatic rings. The average molecular weight is 680 g/mol. The number of nitrogens with zero attached hydrogens (tertiary/aromatic N) is 5. The minimum Gasteiger partial charge on any atom is -0.466 e. The second-order valence-corrected chi connectivity index (χ2v) is 10.9. The van der Waals surface area contributed by atoms with Gasteiger partial charge in [0, 0.05) is 50.6 Å². The molecular formula is C37H41N7O6. The van der Waals surface area contributed by atoms with Crippen molar-refractivity contribution < 1.29 is 28.7 Å². The Morgan fingerprint density at radius 3 is 1.88 bits per heavy atom. The molecule has 0 aliphatic heterocycles. The molecule has 2 aromatic carbocycles. The smallest absolute Gasteiger partial charge is 0.307 e. The maximum absolute atomic E-state index is 13.9. The molecule has 1 atom stereocenters. The number of rotatable bonds is 17. The number of ketones is 1. The van der Waals surface area contributed by atoms with Crippen molar-refractivity contribution in [2.24, 2.45) is 10.2 Å². The minimum absolute atomic E-state index is 0.0107. The van der Waals surface area contributed by atoms with Gasteiger partial charge in [-0.3, -0.25) is 29.1 Å². The van der Waals surface area contributed by atoms with Crippen LogP contribution in [-0.4, -0.2) is 67.5 Å². The van der Waals surface area contributed by atoms with Crippen molar-refractivity contribution in [1.82, 2.24) is 9.97 Å². The topological polar surface area (TPSA) is 165 Å². The molecule has 0 aliphatic rings. The Morgan fingerprint density at radius 1 is 0.740 bits per heavy atom. The number of benzene rings is 2. The first-order chi connectivity index (χ1) is 24.3. The Hall–Kier alpha value is -5.98. The summed E-state index contributed by atoms with van der Waals surface area (Å²) >= 11 is 0. The van der Waals surface area contributed by atoms with E-state index in [0.29, 0.717) is 45.4 Å². The van der Waals surface area contributed by atoms with Crippen LogP contribution < -0.4 is 15.5 Å². The Morgan fingerprint density at radius 2 is 1.32 bits per heavy atom. The zero-order valence-corrected chi connectivity index (χ0v) is 28.6. The van der Waals surface area contributed by atoms with Crippen LogP contribution in [0.4, 0.5) is 28.6 Å². The van der Waals surface area contributed by atoms with Gasteiger partial charge in [-0.25, -0.2) is 4.98 Å². The number of carbonyl (C=O) groups is 4. The molecule has 4 rings (SSSR count). The van der Waals surface area contributed by atoms with Gasteiger partial charge >= 0.3 is 11.9 Å². The number of esters is 2. The Kier molecular flexibility index (Phi) is 13.7. The van der Waals surface area contributed by atoms with E-state index in [-0.39, 0.29) is 56.7 Å². The van der Waals surface area contributed by atoms with Crippen molar-refractivity contribution in [2.75, 3.05) is 49.4 Å². The molecule has 0 saturated carbocycles. The Balaban J connectivity index is 1.65. The molecule has 0 radical (unpaired) electrons. The van der Waals surface area contributed by atoms with Crippen LogP contribution >= 0.6 is 0 Å². The maximum Gasteiger partial charge on any atom is 0.307 e. The van der Waals surface area contributed by atoms with Gasteiger partial charge in [0.05, 0.1) is 42.6 Å². The molecule has 0 bridgehead atoms. The molecule has 50 heavy (non-hydrogen) atoms. The lowest BCUT2D eigenvalue weighted by atomic mass is 9.89. The fourth-order valence-electron chi connectivity index (χ4n) is 5.16. The van der Waals surface area contributed by atoms with Crippen molar-refractivity contribution in [3.8, 4) is 0 Å². The van der Waals surface area contributed by atoms with E-state index < -0.39 is 11.9 Å². The Labute approximate surface area is 291 Å². The number of anilines is 3. The number of aromatic nitrogens is 2. The standard InChI is InChI=1S/C37H41N7O6/c1-5-49-34(45)18-15-27(28-11-7-9-20-40-28)36(47)25-13-16-29(38-3)31(23-25)42-43-32-24-26(14-17-30(32)39-4)37(48)44(22-19-35(46)50-6-2)33-12-8-10-21-41-33/h7-14,16-17,20-21,23-24,27,38-39H,5-6,15,18-19,22H2,1-4H3. The number of hydrogen-bond donors (Lipinski definition) is 2. The lowest BCUT2D eigenvalue weighted by Gasteiger charge is -2.22. The lowest BCUT2D eigenvalue weighted by molar-refractivity contribution is -0.144. The first-order valence-electron chi connectivity index (χ1n) is 16.3. The molecule has 13 heteroatoms. The summed E-state index contributed by atoms with van der Waals surface area (Å²) < 4.78 is 10.2. The first-order valence-corrected chi connectivity index (χ1v) is 16.3. The highest BCUT2D eigenvalue weighted by Gasteiger charge is 2.26. The van der Waals surface area contributed by atoms with Gasteiger partial charge in [-0.2, -0.15) is 0 Å². The average Bonchev–Trinajstić information content (AvgIpc) is 3.14. The largest absolute Gasteiger partial charge is 0.466 e. The van der Waals surface area contributed by atoms with Crippen LogP contribution in [0.5, 0.6) is 0 Å². The quantitative estimate of drug-likeness (QED) is 0.0682. The number of pyridine rings is 2.